The summed E-state index contributed by atoms with van der Waals surface area (Å²) in [5.41, 5.74) is 0. The Balaban J connectivity index is 3.96. The number of hydrogen-bond donors (Lipinski definition) is 4. The normalized spacial score (nSPS) is 16.3. The highest BCUT2D eigenvalue weighted by Crippen LogP contribution is 2.07. The molecule has 0 aromatic rings. The first-order valence-electron chi connectivity index (χ1n) is 8.91. The minimum absolute atomic E-state index is 0.0644. The second-order valence-electron chi connectivity index (χ2n) is 5.95. The Morgan fingerprint density at radius 2 is 1.44 bits per heavy atom. The van der Waals surface area contributed by atoms with E-state index in [1.165, 1.54) is 0 Å². The van der Waals surface area contributed by atoms with Crippen LogP contribution < -0.4 is 0 Å². The van der Waals surface area contributed by atoms with Crippen LogP contribution in [0.15, 0.2) is 48.6 Å². The highest BCUT2D eigenvalue weighted by atomic mass is 16.4. The molecule has 5 heteroatoms. The summed E-state index contributed by atoms with van der Waals surface area (Å²) >= 11 is 0. The monoisotopic (exact) mass is 352 g/mol. The maximum absolute atomic E-state index is 10.4. The number of aliphatic hydroxyl groups is 3. The highest BCUT2D eigenvalue weighted by Gasteiger charge is 2.11. The molecular weight excluding hydrogens is 320 g/mol. The molecule has 1 unspecified atom stereocenters. The minimum Gasteiger partial charge on any atom is -0.481 e. The van der Waals surface area contributed by atoms with E-state index in [-0.39, 0.29) is 6.42 Å². The number of hydrogen-bond acceptors (Lipinski definition) is 4. The summed E-state index contributed by atoms with van der Waals surface area (Å²) in [7, 11) is 0. The van der Waals surface area contributed by atoms with Gasteiger partial charge in [-0.2, -0.15) is 0 Å². The number of rotatable bonds is 14. The third-order valence-corrected chi connectivity index (χ3v) is 3.59. The summed E-state index contributed by atoms with van der Waals surface area (Å²) in [5.74, 6) is -0.854. The molecule has 0 aliphatic rings. The summed E-state index contributed by atoms with van der Waals surface area (Å²) in [4.78, 5) is 10.4. The van der Waals surface area contributed by atoms with Gasteiger partial charge in [-0.25, -0.2) is 0 Å². The summed E-state index contributed by atoms with van der Waals surface area (Å²) in [6.45, 7) is 2.09. The van der Waals surface area contributed by atoms with Crippen LogP contribution in [-0.4, -0.2) is 44.7 Å². The zero-order chi connectivity index (χ0) is 18.9. The van der Waals surface area contributed by atoms with Gasteiger partial charge in [-0.3, -0.25) is 4.79 Å². The van der Waals surface area contributed by atoms with Crippen molar-refractivity contribution in [1.82, 2.24) is 0 Å². The zero-order valence-corrected chi connectivity index (χ0v) is 15.0. The van der Waals surface area contributed by atoms with Crippen LogP contribution in [0.2, 0.25) is 0 Å². The van der Waals surface area contributed by atoms with E-state index in [1.54, 1.807) is 48.6 Å². The van der Waals surface area contributed by atoms with Gasteiger partial charge in [0.05, 0.1) is 18.3 Å². The largest absolute Gasteiger partial charge is 0.481 e. The van der Waals surface area contributed by atoms with E-state index < -0.39 is 24.3 Å². The van der Waals surface area contributed by atoms with Gasteiger partial charge in [0.2, 0.25) is 0 Å². The van der Waals surface area contributed by atoms with E-state index in [9.17, 15) is 20.1 Å². The first kappa shape index (κ1) is 23.3. The summed E-state index contributed by atoms with van der Waals surface area (Å²) in [5, 5.41) is 37.6. The maximum Gasteiger partial charge on any atom is 0.303 e. The third kappa shape index (κ3) is 15.6. The Bertz CT molecular complexity index is 451. The molecule has 4 N–H and O–H groups in total. The molecule has 0 saturated heterocycles. The van der Waals surface area contributed by atoms with E-state index in [2.05, 4.69) is 6.92 Å². The SMILES string of the molecule is CCCCC[C@H](O)C(O)/C=C/C=C/C=C/C=C\[C@@H](O)CCCC(=O)O. The lowest BCUT2D eigenvalue weighted by Crippen LogP contribution is -2.23. The quantitative estimate of drug-likeness (QED) is 0.284. The molecule has 25 heavy (non-hydrogen) atoms. The lowest BCUT2D eigenvalue weighted by Gasteiger charge is -2.13. The molecular formula is C20H32O5. The Kier molecular flexibility index (Phi) is 14.7. The average molecular weight is 352 g/mol. The summed E-state index contributed by atoms with van der Waals surface area (Å²) in [6, 6.07) is 0. The van der Waals surface area contributed by atoms with E-state index in [0.29, 0.717) is 19.3 Å². The van der Waals surface area contributed by atoms with Gasteiger partial charge in [-0.05, 0) is 19.3 Å². The van der Waals surface area contributed by atoms with Crippen molar-refractivity contribution in [3.8, 4) is 0 Å². The number of aliphatic hydroxyl groups excluding tert-OH is 3. The molecule has 0 bridgehead atoms. The van der Waals surface area contributed by atoms with E-state index in [4.69, 9.17) is 5.11 Å². The fourth-order valence-corrected chi connectivity index (χ4v) is 2.09. The van der Waals surface area contributed by atoms with Gasteiger partial charge in [-0.1, -0.05) is 74.8 Å². The molecule has 5 nitrogen and oxygen atoms in total. The fourth-order valence-electron chi connectivity index (χ4n) is 2.09. The standard InChI is InChI=1S/C20H32O5/c1-2-3-8-14-18(22)19(23)15-10-7-5-4-6-9-12-17(21)13-11-16-20(24)25/h4-7,9-10,12,15,17-19,21-23H,2-3,8,11,13-14,16H2,1H3,(H,24,25)/b6-4+,7-5+,12-9-,15-10+/t17-,18+,19?/m1/s1. The summed E-state index contributed by atoms with van der Waals surface area (Å²) < 4.78 is 0. The lowest BCUT2D eigenvalue weighted by atomic mass is 10.1. The van der Waals surface area contributed by atoms with Gasteiger partial charge in [-0.15, -0.1) is 0 Å². The number of aliphatic carboxylic acids is 1. The highest BCUT2D eigenvalue weighted by molar-refractivity contribution is 5.66. The van der Waals surface area contributed by atoms with Crippen LogP contribution in [0.25, 0.3) is 0 Å². The number of allylic oxidation sites excluding steroid dienone is 6. The predicted octanol–water partition coefficient (Wildman–Crippen LogP) is 3.13. The number of carboxylic acid groups (broad SMARTS) is 1. The maximum atomic E-state index is 10.4. The van der Waals surface area contributed by atoms with E-state index in [0.717, 1.165) is 19.3 Å². The molecule has 3 atom stereocenters. The van der Waals surface area contributed by atoms with Crippen LogP contribution in [0.4, 0.5) is 0 Å². The van der Waals surface area contributed by atoms with Crippen molar-refractivity contribution < 1.29 is 25.2 Å². The molecule has 0 rings (SSSR count). The Labute approximate surface area is 150 Å². The second kappa shape index (κ2) is 15.8. The predicted molar refractivity (Wildman–Crippen MR) is 100 cm³/mol. The Morgan fingerprint density at radius 1 is 0.840 bits per heavy atom. The molecule has 0 radical (unpaired) electrons. The van der Waals surface area contributed by atoms with Crippen LogP contribution in [0.1, 0.15) is 51.9 Å². The van der Waals surface area contributed by atoms with Gasteiger partial charge in [0.15, 0.2) is 0 Å². The van der Waals surface area contributed by atoms with Gasteiger partial charge in [0.1, 0.15) is 0 Å². The number of carbonyl (C=O) groups is 1. The molecule has 0 fully saturated rings. The minimum atomic E-state index is -0.855. The van der Waals surface area contributed by atoms with Crippen molar-refractivity contribution in [2.45, 2.75) is 70.2 Å². The number of carboxylic acids is 1. The van der Waals surface area contributed by atoms with Crippen LogP contribution in [0.5, 0.6) is 0 Å². The van der Waals surface area contributed by atoms with Crippen molar-refractivity contribution >= 4 is 5.97 Å². The molecule has 0 saturated carbocycles. The van der Waals surface area contributed by atoms with Crippen LogP contribution >= 0.6 is 0 Å². The van der Waals surface area contributed by atoms with Crippen molar-refractivity contribution in [3.63, 3.8) is 0 Å². The molecule has 0 aromatic heterocycles. The molecule has 0 aromatic carbocycles. The Morgan fingerprint density at radius 3 is 2.04 bits per heavy atom. The van der Waals surface area contributed by atoms with Gasteiger partial charge < -0.3 is 20.4 Å². The fraction of sp³-hybridized carbons (Fsp3) is 0.550. The first-order valence-corrected chi connectivity index (χ1v) is 8.91. The van der Waals surface area contributed by atoms with Crippen molar-refractivity contribution in [3.05, 3.63) is 48.6 Å². The molecule has 0 aliphatic heterocycles. The van der Waals surface area contributed by atoms with Crippen LogP contribution in [0.3, 0.4) is 0 Å². The van der Waals surface area contributed by atoms with E-state index in [1.807, 2.05) is 0 Å². The topological polar surface area (TPSA) is 98.0 Å². The van der Waals surface area contributed by atoms with Crippen LogP contribution in [-0.2, 0) is 4.79 Å². The second-order valence-corrected chi connectivity index (χ2v) is 5.95. The van der Waals surface area contributed by atoms with Gasteiger partial charge >= 0.3 is 5.97 Å². The summed E-state index contributed by atoms with van der Waals surface area (Å²) in [6.07, 6.45) is 16.0. The zero-order valence-electron chi connectivity index (χ0n) is 15.0. The van der Waals surface area contributed by atoms with Gasteiger partial charge in [0, 0.05) is 6.42 Å². The molecule has 0 spiro atoms. The van der Waals surface area contributed by atoms with Gasteiger partial charge in [0.25, 0.3) is 0 Å². The lowest BCUT2D eigenvalue weighted by molar-refractivity contribution is -0.137. The molecule has 142 valence electrons. The van der Waals surface area contributed by atoms with Crippen molar-refractivity contribution in [1.29, 1.82) is 0 Å². The number of unbranched alkanes of at least 4 members (excludes halogenated alkanes) is 2. The Hall–Kier alpha value is -1.69. The van der Waals surface area contributed by atoms with Crippen LogP contribution in [0, 0.1) is 0 Å². The van der Waals surface area contributed by atoms with Crippen molar-refractivity contribution in [2.24, 2.45) is 0 Å². The smallest absolute Gasteiger partial charge is 0.303 e. The van der Waals surface area contributed by atoms with E-state index >= 15 is 0 Å². The molecule has 0 aliphatic carbocycles. The molecule has 0 heterocycles. The average Bonchev–Trinajstić information content (AvgIpc) is 2.56. The van der Waals surface area contributed by atoms with Crippen molar-refractivity contribution in [2.75, 3.05) is 0 Å². The first-order chi connectivity index (χ1) is 12.0. The molecule has 0 amide bonds. The third-order valence-electron chi connectivity index (χ3n) is 3.59.